The zero-order valence-corrected chi connectivity index (χ0v) is 11.1. The maximum atomic E-state index is 11.7. The van der Waals surface area contributed by atoms with Crippen LogP contribution in [0.3, 0.4) is 0 Å². The summed E-state index contributed by atoms with van der Waals surface area (Å²) in [4.78, 5) is 13.5. The van der Waals surface area contributed by atoms with Gasteiger partial charge in [0, 0.05) is 39.2 Å². The van der Waals surface area contributed by atoms with E-state index in [1.165, 1.54) is 0 Å². The molecule has 0 spiro atoms. The monoisotopic (exact) mass is 230 g/mol. The first-order valence-corrected chi connectivity index (χ1v) is 6.19. The molecule has 4 heteroatoms. The van der Waals surface area contributed by atoms with Crippen molar-refractivity contribution in [3.63, 3.8) is 0 Å². The number of ether oxygens (including phenoxy) is 1. The topological polar surface area (TPSA) is 41.6 Å². The summed E-state index contributed by atoms with van der Waals surface area (Å²) in [6.07, 6.45) is 1.59. The lowest BCUT2D eigenvalue weighted by Gasteiger charge is -2.20. The fraction of sp³-hybridized carbons (Fsp3) is 0.917. The first kappa shape index (κ1) is 15.4. The Balaban J connectivity index is 3.74. The summed E-state index contributed by atoms with van der Waals surface area (Å²) in [5.74, 6) is 0.227. The Labute approximate surface area is 99.3 Å². The van der Waals surface area contributed by atoms with E-state index in [1.54, 1.807) is 7.11 Å². The fourth-order valence-corrected chi connectivity index (χ4v) is 1.64. The fourth-order valence-electron chi connectivity index (χ4n) is 1.64. The van der Waals surface area contributed by atoms with Crippen LogP contribution in [0.25, 0.3) is 0 Å². The Morgan fingerprint density at radius 1 is 1.31 bits per heavy atom. The molecular weight excluding hydrogens is 204 g/mol. The molecule has 0 saturated heterocycles. The molecule has 0 aromatic carbocycles. The molecule has 1 N–H and O–H groups in total. The lowest BCUT2D eigenvalue weighted by molar-refractivity contribution is -0.130. The van der Waals surface area contributed by atoms with Gasteiger partial charge in [0.2, 0.25) is 5.91 Å². The van der Waals surface area contributed by atoms with Crippen LogP contribution in [-0.4, -0.2) is 50.2 Å². The van der Waals surface area contributed by atoms with Gasteiger partial charge in [-0.15, -0.1) is 0 Å². The summed E-state index contributed by atoms with van der Waals surface area (Å²) in [5.41, 5.74) is 0. The summed E-state index contributed by atoms with van der Waals surface area (Å²) in [7, 11) is 1.70. The minimum Gasteiger partial charge on any atom is -0.383 e. The highest BCUT2D eigenvalue weighted by Crippen LogP contribution is 1.95. The summed E-state index contributed by atoms with van der Waals surface area (Å²) >= 11 is 0. The predicted octanol–water partition coefficient (Wildman–Crippen LogP) is 1.26. The number of nitrogens with zero attached hydrogens (tertiary/aromatic N) is 1. The van der Waals surface area contributed by atoms with Crippen LogP contribution in [0.1, 0.15) is 33.6 Å². The Bertz CT molecular complexity index is 182. The molecule has 96 valence electrons. The molecule has 0 fully saturated rings. The van der Waals surface area contributed by atoms with Gasteiger partial charge in [-0.25, -0.2) is 0 Å². The third kappa shape index (κ3) is 6.08. The van der Waals surface area contributed by atoms with Gasteiger partial charge in [-0.2, -0.15) is 0 Å². The number of hydrogen-bond donors (Lipinski definition) is 1. The summed E-state index contributed by atoms with van der Waals surface area (Å²) in [5, 5.41) is 3.33. The normalized spacial score (nSPS) is 12.5. The standard InChI is InChI=1S/C12H26N2O2/c1-5-11(10-16-4)13-9-8-12(15)14(6-2)7-3/h11,13H,5-10H2,1-4H3. The molecule has 0 aliphatic carbocycles. The highest BCUT2D eigenvalue weighted by molar-refractivity contribution is 5.76. The van der Waals surface area contributed by atoms with Crippen molar-refractivity contribution in [1.29, 1.82) is 0 Å². The number of rotatable bonds is 9. The average molecular weight is 230 g/mol. The average Bonchev–Trinajstić information content (AvgIpc) is 2.29. The molecule has 0 aromatic heterocycles. The summed E-state index contributed by atoms with van der Waals surface area (Å²) in [6, 6.07) is 0.356. The van der Waals surface area contributed by atoms with Gasteiger partial charge in [0.1, 0.15) is 0 Å². The van der Waals surface area contributed by atoms with Gasteiger partial charge in [-0.05, 0) is 20.3 Å². The van der Waals surface area contributed by atoms with Gasteiger partial charge in [0.25, 0.3) is 0 Å². The van der Waals surface area contributed by atoms with Crippen LogP contribution in [0, 0.1) is 0 Å². The minimum absolute atomic E-state index is 0.227. The number of amides is 1. The molecule has 0 radical (unpaired) electrons. The lowest BCUT2D eigenvalue weighted by Crippen LogP contribution is -2.37. The van der Waals surface area contributed by atoms with E-state index in [2.05, 4.69) is 12.2 Å². The van der Waals surface area contributed by atoms with Crippen molar-refractivity contribution in [1.82, 2.24) is 10.2 Å². The summed E-state index contributed by atoms with van der Waals surface area (Å²) in [6.45, 7) is 9.16. The van der Waals surface area contributed by atoms with Crippen LogP contribution in [0.2, 0.25) is 0 Å². The van der Waals surface area contributed by atoms with E-state index in [9.17, 15) is 4.79 Å². The maximum absolute atomic E-state index is 11.7. The number of carbonyl (C=O) groups excluding carboxylic acids is 1. The zero-order chi connectivity index (χ0) is 12.4. The molecular formula is C12H26N2O2. The highest BCUT2D eigenvalue weighted by atomic mass is 16.5. The molecule has 0 saturated carbocycles. The van der Waals surface area contributed by atoms with Crippen LogP contribution in [0.15, 0.2) is 0 Å². The third-order valence-corrected chi connectivity index (χ3v) is 2.75. The molecule has 1 amide bonds. The van der Waals surface area contributed by atoms with E-state index in [0.29, 0.717) is 19.1 Å². The molecule has 0 aliphatic heterocycles. The quantitative estimate of drug-likeness (QED) is 0.648. The van der Waals surface area contributed by atoms with Crippen LogP contribution in [0.4, 0.5) is 0 Å². The summed E-state index contributed by atoms with van der Waals surface area (Å²) < 4.78 is 5.08. The van der Waals surface area contributed by atoms with Crippen LogP contribution >= 0.6 is 0 Å². The van der Waals surface area contributed by atoms with Gasteiger partial charge in [-0.3, -0.25) is 4.79 Å². The van der Waals surface area contributed by atoms with Crippen molar-refractivity contribution in [3.8, 4) is 0 Å². The first-order valence-electron chi connectivity index (χ1n) is 6.19. The number of carbonyl (C=O) groups is 1. The third-order valence-electron chi connectivity index (χ3n) is 2.75. The highest BCUT2D eigenvalue weighted by Gasteiger charge is 2.10. The number of nitrogens with one attached hydrogen (secondary N) is 1. The molecule has 16 heavy (non-hydrogen) atoms. The molecule has 1 unspecified atom stereocenters. The first-order chi connectivity index (χ1) is 7.69. The van der Waals surface area contributed by atoms with Crippen molar-refractivity contribution < 1.29 is 9.53 Å². The predicted molar refractivity (Wildman–Crippen MR) is 66.5 cm³/mol. The molecule has 0 aromatic rings. The van der Waals surface area contributed by atoms with E-state index in [0.717, 1.165) is 26.1 Å². The molecule has 4 nitrogen and oxygen atoms in total. The van der Waals surface area contributed by atoms with E-state index in [1.807, 2.05) is 18.7 Å². The lowest BCUT2D eigenvalue weighted by atomic mass is 10.2. The van der Waals surface area contributed by atoms with Crippen molar-refractivity contribution >= 4 is 5.91 Å². The Kier molecular flexibility index (Phi) is 9.24. The second-order valence-electron chi connectivity index (χ2n) is 3.83. The largest absolute Gasteiger partial charge is 0.383 e. The second-order valence-corrected chi connectivity index (χ2v) is 3.83. The zero-order valence-electron chi connectivity index (χ0n) is 11.1. The van der Waals surface area contributed by atoms with Crippen molar-refractivity contribution in [2.45, 2.75) is 39.7 Å². The number of methoxy groups -OCH3 is 1. The van der Waals surface area contributed by atoms with Gasteiger partial charge >= 0.3 is 0 Å². The van der Waals surface area contributed by atoms with E-state index < -0.39 is 0 Å². The SMILES string of the molecule is CCC(COC)NCCC(=O)N(CC)CC. The molecule has 0 rings (SSSR count). The van der Waals surface area contributed by atoms with E-state index in [-0.39, 0.29) is 5.91 Å². The van der Waals surface area contributed by atoms with Crippen LogP contribution in [-0.2, 0) is 9.53 Å². The Morgan fingerprint density at radius 3 is 2.38 bits per heavy atom. The van der Waals surface area contributed by atoms with Gasteiger partial charge < -0.3 is 15.0 Å². The Hall–Kier alpha value is -0.610. The Morgan fingerprint density at radius 2 is 1.94 bits per heavy atom. The maximum Gasteiger partial charge on any atom is 0.223 e. The van der Waals surface area contributed by atoms with Gasteiger partial charge in [-0.1, -0.05) is 6.92 Å². The van der Waals surface area contributed by atoms with Gasteiger partial charge in [0.05, 0.1) is 6.61 Å². The molecule has 0 aliphatic rings. The second kappa shape index (κ2) is 9.60. The molecule has 0 heterocycles. The smallest absolute Gasteiger partial charge is 0.223 e. The van der Waals surface area contributed by atoms with Crippen molar-refractivity contribution in [2.75, 3.05) is 33.4 Å². The van der Waals surface area contributed by atoms with Crippen molar-refractivity contribution in [3.05, 3.63) is 0 Å². The molecule has 1 atom stereocenters. The molecule has 0 bridgehead atoms. The minimum atomic E-state index is 0.227. The van der Waals surface area contributed by atoms with Gasteiger partial charge in [0.15, 0.2) is 0 Å². The van der Waals surface area contributed by atoms with E-state index >= 15 is 0 Å². The van der Waals surface area contributed by atoms with Crippen LogP contribution < -0.4 is 5.32 Å². The number of hydrogen-bond acceptors (Lipinski definition) is 3. The van der Waals surface area contributed by atoms with Crippen molar-refractivity contribution in [2.24, 2.45) is 0 Å². The van der Waals surface area contributed by atoms with E-state index in [4.69, 9.17) is 4.74 Å². The van der Waals surface area contributed by atoms with Crippen LogP contribution in [0.5, 0.6) is 0 Å².